The molecular weight excluding hydrogens is 300 g/mol. The van der Waals surface area contributed by atoms with Gasteiger partial charge in [-0.25, -0.2) is 0 Å². The molecule has 2 N–H and O–H groups in total. The van der Waals surface area contributed by atoms with Crippen LogP contribution < -0.4 is 5.32 Å². The Hall–Kier alpha value is -2.33. The van der Waals surface area contributed by atoms with Gasteiger partial charge in [0.05, 0.1) is 0 Å². The molecule has 0 aliphatic carbocycles. The number of nitrogens with zero attached hydrogens (tertiary/aromatic N) is 1. The number of rotatable bonds is 6. The van der Waals surface area contributed by atoms with Gasteiger partial charge in [-0.2, -0.15) is 0 Å². The summed E-state index contributed by atoms with van der Waals surface area (Å²) in [6, 6.07) is 17.4. The maximum Gasteiger partial charge on any atom is 0.157 e. The van der Waals surface area contributed by atoms with Gasteiger partial charge in [-0.1, -0.05) is 30.3 Å². The Bertz CT molecular complexity index is 634. The molecule has 2 aromatic rings. The summed E-state index contributed by atoms with van der Waals surface area (Å²) in [5.41, 5.74) is 2.24. The van der Waals surface area contributed by atoms with E-state index in [0.29, 0.717) is 5.92 Å². The zero-order chi connectivity index (χ0) is 16.8. The predicted molar refractivity (Wildman–Crippen MR) is 96.0 cm³/mol. The van der Waals surface area contributed by atoms with Crippen LogP contribution in [0.1, 0.15) is 18.4 Å². The lowest BCUT2D eigenvalue weighted by Crippen LogP contribution is -2.46. The van der Waals surface area contributed by atoms with E-state index in [0.717, 1.165) is 44.3 Å². The van der Waals surface area contributed by atoms with Gasteiger partial charge in [-0.05, 0) is 55.0 Å². The normalized spacial score (nSPS) is 17.3. The third-order valence-electron chi connectivity index (χ3n) is 4.72. The maximum absolute atomic E-state index is 11.5. The van der Waals surface area contributed by atoms with Crippen LogP contribution in [0.2, 0.25) is 0 Å². The van der Waals surface area contributed by atoms with Crippen molar-refractivity contribution in [3.8, 4) is 5.75 Å². The van der Waals surface area contributed by atoms with Gasteiger partial charge < -0.3 is 10.4 Å². The number of aldehydes is 1. The molecule has 0 bridgehead atoms. The first-order valence-electron chi connectivity index (χ1n) is 8.53. The average Bonchev–Trinajstić information content (AvgIpc) is 2.63. The molecule has 1 fully saturated rings. The highest BCUT2D eigenvalue weighted by molar-refractivity contribution is 5.64. The van der Waals surface area contributed by atoms with Crippen LogP contribution in [-0.2, 0) is 11.2 Å². The number of hydrogen-bond donors (Lipinski definition) is 2. The zero-order valence-electron chi connectivity index (χ0n) is 13.8. The summed E-state index contributed by atoms with van der Waals surface area (Å²) in [4.78, 5) is 13.7. The molecule has 0 aromatic heterocycles. The first kappa shape index (κ1) is 16.5. The van der Waals surface area contributed by atoms with E-state index in [1.54, 1.807) is 24.3 Å². The second-order valence-corrected chi connectivity index (χ2v) is 6.44. The topological polar surface area (TPSA) is 52.6 Å². The first-order valence-corrected chi connectivity index (χ1v) is 8.53. The van der Waals surface area contributed by atoms with Gasteiger partial charge >= 0.3 is 0 Å². The summed E-state index contributed by atoms with van der Waals surface area (Å²) >= 11 is 0. The summed E-state index contributed by atoms with van der Waals surface area (Å²) < 4.78 is 0. The van der Waals surface area contributed by atoms with Gasteiger partial charge in [-0.15, -0.1) is 0 Å². The van der Waals surface area contributed by atoms with E-state index >= 15 is 0 Å². The van der Waals surface area contributed by atoms with E-state index < -0.39 is 0 Å². The minimum absolute atomic E-state index is 0.227. The molecule has 4 heteroatoms. The van der Waals surface area contributed by atoms with Crippen LogP contribution in [-0.4, -0.2) is 35.5 Å². The van der Waals surface area contributed by atoms with E-state index in [4.69, 9.17) is 0 Å². The number of anilines is 1. The summed E-state index contributed by atoms with van der Waals surface area (Å²) in [7, 11) is 0. The van der Waals surface area contributed by atoms with E-state index in [1.165, 1.54) is 5.56 Å². The Morgan fingerprint density at radius 3 is 2.38 bits per heavy atom. The number of carbonyl (C=O) groups is 1. The van der Waals surface area contributed by atoms with Gasteiger partial charge in [0, 0.05) is 18.8 Å². The van der Waals surface area contributed by atoms with Crippen LogP contribution in [0.25, 0.3) is 0 Å². The van der Waals surface area contributed by atoms with Crippen molar-refractivity contribution >= 4 is 12.0 Å². The minimum Gasteiger partial charge on any atom is -0.508 e. The molecule has 1 heterocycles. The lowest BCUT2D eigenvalue weighted by Gasteiger charge is -2.36. The fraction of sp³-hybridized carbons (Fsp3) is 0.350. The molecule has 2 aromatic carbocycles. The summed E-state index contributed by atoms with van der Waals surface area (Å²) in [5.74, 6) is 0.912. The van der Waals surface area contributed by atoms with Crippen molar-refractivity contribution in [2.24, 2.45) is 5.92 Å². The predicted octanol–water partition coefficient (Wildman–Crippen LogP) is 3.28. The van der Waals surface area contributed by atoms with Crippen molar-refractivity contribution in [2.75, 3.05) is 18.4 Å². The molecule has 1 aliphatic heterocycles. The minimum atomic E-state index is -0.313. The third kappa shape index (κ3) is 4.36. The van der Waals surface area contributed by atoms with Crippen molar-refractivity contribution in [3.05, 3.63) is 60.2 Å². The smallest absolute Gasteiger partial charge is 0.157 e. The van der Waals surface area contributed by atoms with Gasteiger partial charge in [-0.3, -0.25) is 9.69 Å². The second kappa shape index (κ2) is 7.97. The fourth-order valence-electron chi connectivity index (χ4n) is 3.32. The number of benzene rings is 2. The quantitative estimate of drug-likeness (QED) is 0.632. The standard InChI is InChI=1S/C20H24N2O2/c23-15-20(21-18-6-8-19(24)9-7-18)22-12-10-17(11-13-22)14-16-4-2-1-3-5-16/h1-9,15,17,20-21,24H,10-14H2. The van der Waals surface area contributed by atoms with E-state index in [9.17, 15) is 9.90 Å². The number of nitrogens with one attached hydrogen (secondary N) is 1. The molecule has 4 nitrogen and oxygen atoms in total. The van der Waals surface area contributed by atoms with E-state index in [1.807, 2.05) is 0 Å². The second-order valence-electron chi connectivity index (χ2n) is 6.44. The molecule has 1 aliphatic rings. The Kier molecular flexibility index (Phi) is 5.49. The number of hydrogen-bond acceptors (Lipinski definition) is 4. The lowest BCUT2D eigenvalue weighted by molar-refractivity contribution is -0.112. The number of likely N-dealkylation sites (tertiary alicyclic amines) is 1. The number of carbonyl (C=O) groups excluding carboxylic acids is 1. The number of phenolic OH excluding ortho intramolecular Hbond substituents is 1. The summed E-state index contributed by atoms with van der Waals surface area (Å²) in [6.45, 7) is 1.85. The Balaban J connectivity index is 1.52. The van der Waals surface area contributed by atoms with Crippen LogP contribution in [0.5, 0.6) is 5.75 Å². The van der Waals surface area contributed by atoms with Crippen LogP contribution in [0.15, 0.2) is 54.6 Å². The first-order chi connectivity index (χ1) is 11.7. The largest absolute Gasteiger partial charge is 0.508 e. The summed E-state index contributed by atoms with van der Waals surface area (Å²) in [5, 5.41) is 12.6. The monoisotopic (exact) mass is 324 g/mol. The van der Waals surface area contributed by atoms with Gasteiger partial charge in [0.15, 0.2) is 6.29 Å². The number of piperidine rings is 1. The van der Waals surface area contributed by atoms with Crippen molar-refractivity contribution in [2.45, 2.75) is 25.4 Å². The molecule has 0 saturated carbocycles. The summed E-state index contributed by atoms with van der Waals surface area (Å²) in [6.07, 6.45) is 3.98. The maximum atomic E-state index is 11.5. The highest BCUT2D eigenvalue weighted by Crippen LogP contribution is 2.23. The molecule has 1 unspecified atom stereocenters. The molecule has 0 spiro atoms. The molecular formula is C20H24N2O2. The zero-order valence-corrected chi connectivity index (χ0v) is 13.8. The van der Waals surface area contributed by atoms with Crippen LogP contribution >= 0.6 is 0 Å². The Morgan fingerprint density at radius 1 is 1.08 bits per heavy atom. The number of phenols is 1. The van der Waals surface area contributed by atoms with Crippen LogP contribution in [0.3, 0.4) is 0 Å². The van der Waals surface area contributed by atoms with E-state index in [-0.39, 0.29) is 11.9 Å². The van der Waals surface area contributed by atoms with Crippen molar-refractivity contribution in [3.63, 3.8) is 0 Å². The highest BCUT2D eigenvalue weighted by Gasteiger charge is 2.24. The van der Waals surface area contributed by atoms with Crippen molar-refractivity contribution < 1.29 is 9.90 Å². The Labute approximate surface area is 143 Å². The molecule has 0 radical (unpaired) electrons. The number of aromatic hydroxyl groups is 1. The average molecular weight is 324 g/mol. The lowest BCUT2D eigenvalue weighted by atomic mass is 9.90. The molecule has 0 amide bonds. The SMILES string of the molecule is O=CC(Nc1ccc(O)cc1)N1CCC(Cc2ccccc2)CC1. The molecule has 1 atom stereocenters. The van der Waals surface area contributed by atoms with Gasteiger partial charge in [0.1, 0.15) is 11.9 Å². The highest BCUT2D eigenvalue weighted by atomic mass is 16.3. The molecule has 126 valence electrons. The van der Waals surface area contributed by atoms with Crippen LogP contribution in [0.4, 0.5) is 5.69 Å². The van der Waals surface area contributed by atoms with Gasteiger partial charge in [0.25, 0.3) is 0 Å². The molecule has 3 rings (SSSR count). The molecule has 24 heavy (non-hydrogen) atoms. The fourth-order valence-corrected chi connectivity index (χ4v) is 3.32. The Morgan fingerprint density at radius 2 is 1.75 bits per heavy atom. The van der Waals surface area contributed by atoms with E-state index in [2.05, 4.69) is 40.5 Å². The van der Waals surface area contributed by atoms with Gasteiger partial charge in [0.2, 0.25) is 0 Å². The third-order valence-corrected chi connectivity index (χ3v) is 4.72. The van der Waals surface area contributed by atoms with Crippen molar-refractivity contribution in [1.82, 2.24) is 4.90 Å². The van der Waals surface area contributed by atoms with Crippen molar-refractivity contribution in [1.29, 1.82) is 0 Å². The molecule has 1 saturated heterocycles. The van der Waals surface area contributed by atoms with Crippen LogP contribution in [0, 0.1) is 5.92 Å².